The highest BCUT2D eigenvalue weighted by Gasteiger charge is 2.58. The van der Waals surface area contributed by atoms with Gasteiger partial charge in [0.2, 0.25) is 5.90 Å². The van der Waals surface area contributed by atoms with E-state index in [9.17, 15) is 4.79 Å². The van der Waals surface area contributed by atoms with Crippen molar-refractivity contribution in [3.63, 3.8) is 0 Å². The normalized spacial score (nSPS) is 35.0. The van der Waals surface area contributed by atoms with Gasteiger partial charge in [0.05, 0.1) is 23.2 Å². The lowest BCUT2D eigenvalue weighted by atomic mass is 9.93. The van der Waals surface area contributed by atoms with Crippen LogP contribution < -0.4 is 5.32 Å². The number of hydrogen-bond donors (Lipinski definition) is 1. The highest BCUT2D eigenvalue weighted by molar-refractivity contribution is 5.94. The summed E-state index contributed by atoms with van der Waals surface area (Å²) < 4.78 is 12.0. The van der Waals surface area contributed by atoms with Crippen molar-refractivity contribution in [1.29, 1.82) is 0 Å². The molecule has 7 heteroatoms. The molecule has 0 unspecified atom stereocenters. The van der Waals surface area contributed by atoms with Crippen LogP contribution in [0, 0.1) is 0 Å². The Kier molecular flexibility index (Phi) is 4.85. The zero-order valence-electron chi connectivity index (χ0n) is 17.9. The van der Waals surface area contributed by atoms with E-state index >= 15 is 0 Å². The van der Waals surface area contributed by atoms with Crippen LogP contribution in [-0.2, 0) is 9.47 Å². The molecule has 4 atom stereocenters. The fourth-order valence-electron chi connectivity index (χ4n) is 4.93. The predicted molar refractivity (Wildman–Crippen MR) is 106 cm³/mol. The molecule has 3 heterocycles. The van der Waals surface area contributed by atoms with E-state index in [0.29, 0.717) is 5.90 Å². The number of carbonyl (C=O) groups is 1. The average molecular weight is 379 g/mol. The van der Waals surface area contributed by atoms with E-state index in [2.05, 4.69) is 29.1 Å². The summed E-state index contributed by atoms with van der Waals surface area (Å²) in [5.41, 5.74) is 0.229. The number of nitrogens with zero attached hydrogens (tertiary/aromatic N) is 3. The summed E-state index contributed by atoms with van der Waals surface area (Å²) in [6.07, 6.45) is 1.59. The number of ether oxygens (including phenoxy) is 2. The molecule has 3 aliphatic heterocycles. The molecule has 2 bridgehead atoms. The third kappa shape index (κ3) is 3.25. The number of hydrogen-bond acceptors (Lipinski definition) is 6. The standard InChI is InChI=1S/C20H34N4O3/c1-12-16(21-7)23-11-20(6)10-9-14(15(23)13(2)26-17(12)22-8)24(20)18(25)27-19(3,4)5/h13-15,21H,9-11H2,1-8H3/t13-,14-,15+,20+/m0/s1. The zero-order chi connectivity index (χ0) is 20.1. The molecule has 2 saturated heterocycles. The van der Waals surface area contributed by atoms with Crippen molar-refractivity contribution in [2.75, 3.05) is 20.6 Å². The SMILES string of the molecule is CN=C1O[C@@H](C)[C@@H]2[C@@H]3CC[C@](C)(CN2C(NC)=C1C)N3C(=O)OC(C)(C)C. The Bertz CT molecular complexity index is 681. The summed E-state index contributed by atoms with van der Waals surface area (Å²) in [6, 6.07) is 0.0886. The predicted octanol–water partition coefficient (Wildman–Crippen LogP) is 2.73. The molecule has 3 aliphatic rings. The van der Waals surface area contributed by atoms with Crippen molar-refractivity contribution in [1.82, 2.24) is 15.1 Å². The van der Waals surface area contributed by atoms with E-state index in [4.69, 9.17) is 9.47 Å². The van der Waals surface area contributed by atoms with Crippen molar-refractivity contribution in [3.8, 4) is 0 Å². The number of aliphatic imine (C=N–C) groups is 1. The Morgan fingerprint density at radius 2 is 2.07 bits per heavy atom. The lowest BCUT2D eigenvalue weighted by Gasteiger charge is -2.53. The van der Waals surface area contributed by atoms with Gasteiger partial charge in [-0.1, -0.05) is 0 Å². The van der Waals surface area contributed by atoms with Crippen LogP contribution in [0.15, 0.2) is 16.4 Å². The molecule has 1 amide bonds. The number of nitrogens with one attached hydrogen (secondary N) is 1. The molecule has 0 aromatic carbocycles. The van der Waals surface area contributed by atoms with Gasteiger partial charge in [0.25, 0.3) is 0 Å². The van der Waals surface area contributed by atoms with Crippen LogP contribution in [0.1, 0.15) is 54.4 Å². The number of amides is 1. The second-order valence-electron chi connectivity index (χ2n) is 9.15. The van der Waals surface area contributed by atoms with Crippen molar-refractivity contribution >= 4 is 12.0 Å². The molecule has 7 nitrogen and oxygen atoms in total. The fourth-order valence-corrected chi connectivity index (χ4v) is 4.93. The van der Waals surface area contributed by atoms with Crippen molar-refractivity contribution in [2.24, 2.45) is 4.99 Å². The van der Waals surface area contributed by atoms with E-state index in [1.165, 1.54) is 0 Å². The molecule has 1 N–H and O–H groups in total. The Balaban J connectivity index is 2.03. The van der Waals surface area contributed by atoms with Crippen LogP contribution in [0.3, 0.4) is 0 Å². The van der Waals surface area contributed by atoms with Crippen LogP contribution in [0.4, 0.5) is 4.79 Å². The summed E-state index contributed by atoms with van der Waals surface area (Å²) in [5, 5.41) is 3.36. The molecule has 27 heavy (non-hydrogen) atoms. The molecular formula is C20H34N4O3. The van der Waals surface area contributed by atoms with Crippen LogP contribution >= 0.6 is 0 Å². The van der Waals surface area contributed by atoms with Gasteiger partial charge >= 0.3 is 6.09 Å². The Hall–Kier alpha value is -1.92. The van der Waals surface area contributed by atoms with Crippen LogP contribution in [0.25, 0.3) is 0 Å². The summed E-state index contributed by atoms with van der Waals surface area (Å²) >= 11 is 0. The zero-order valence-corrected chi connectivity index (χ0v) is 17.9. The lowest BCUT2D eigenvalue weighted by Crippen LogP contribution is -2.68. The van der Waals surface area contributed by atoms with Crippen LogP contribution in [0.2, 0.25) is 0 Å². The molecule has 0 aromatic rings. The first-order valence-corrected chi connectivity index (χ1v) is 9.84. The molecule has 0 aromatic heterocycles. The maximum Gasteiger partial charge on any atom is 0.411 e. The average Bonchev–Trinajstić information content (AvgIpc) is 2.74. The second-order valence-corrected chi connectivity index (χ2v) is 9.15. The van der Waals surface area contributed by atoms with E-state index in [1.807, 2.05) is 39.6 Å². The summed E-state index contributed by atoms with van der Waals surface area (Å²) in [5.74, 6) is 1.69. The van der Waals surface area contributed by atoms with Crippen LogP contribution in [0.5, 0.6) is 0 Å². The topological polar surface area (TPSA) is 66.4 Å². The van der Waals surface area contributed by atoms with E-state index in [1.54, 1.807) is 7.05 Å². The van der Waals surface area contributed by atoms with Gasteiger partial charge in [0.1, 0.15) is 17.5 Å². The minimum atomic E-state index is -0.510. The highest BCUT2D eigenvalue weighted by atomic mass is 16.6. The second kappa shape index (κ2) is 6.60. The van der Waals surface area contributed by atoms with Gasteiger partial charge in [-0.3, -0.25) is 9.89 Å². The summed E-state index contributed by atoms with van der Waals surface area (Å²) in [7, 11) is 3.69. The largest absolute Gasteiger partial charge is 0.472 e. The van der Waals surface area contributed by atoms with Gasteiger partial charge in [-0.2, -0.15) is 0 Å². The molecule has 0 aliphatic carbocycles. The van der Waals surface area contributed by atoms with Gasteiger partial charge in [-0.15, -0.1) is 0 Å². The fraction of sp³-hybridized carbons (Fsp3) is 0.800. The Morgan fingerprint density at radius 3 is 2.63 bits per heavy atom. The third-order valence-electron chi connectivity index (χ3n) is 5.93. The molecule has 2 fully saturated rings. The van der Waals surface area contributed by atoms with Crippen molar-refractivity contribution < 1.29 is 14.3 Å². The maximum atomic E-state index is 13.1. The third-order valence-corrected chi connectivity index (χ3v) is 5.93. The monoisotopic (exact) mass is 378 g/mol. The summed E-state index contributed by atoms with van der Waals surface area (Å²) in [6.45, 7) is 12.8. The number of piperazine rings is 1. The molecule has 0 saturated carbocycles. The number of fused-ring (bicyclic) bond motifs is 4. The molecular weight excluding hydrogens is 344 g/mol. The minimum absolute atomic E-state index is 0.0426. The first-order chi connectivity index (χ1) is 12.5. The molecule has 0 spiro atoms. The smallest absolute Gasteiger partial charge is 0.411 e. The van der Waals surface area contributed by atoms with Gasteiger partial charge < -0.3 is 19.7 Å². The van der Waals surface area contributed by atoms with Crippen molar-refractivity contribution in [2.45, 2.75) is 83.7 Å². The van der Waals surface area contributed by atoms with E-state index in [0.717, 1.165) is 30.8 Å². The molecule has 3 rings (SSSR count). The number of carbonyl (C=O) groups excluding carboxylic acids is 1. The Labute approximate surface area is 162 Å². The maximum absolute atomic E-state index is 13.1. The van der Waals surface area contributed by atoms with Gasteiger partial charge in [-0.05, 0) is 54.4 Å². The quantitative estimate of drug-likeness (QED) is 0.760. The van der Waals surface area contributed by atoms with Crippen molar-refractivity contribution in [3.05, 3.63) is 11.4 Å². The van der Waals surface area contributed by atoms with Gasteiger partial charge in [0, 0.05) is 20.6 Å². The summed E-state index contributed by atoms with van der Waals surface area (Å²) in [4.78, 5) is 21.8. The first-order valence-electron chi connectivity index (χ1n) is 9.84. The minimum Gasteiger partial charge on any atom is -0.472 e. The molecule has 152 valence electrons. The Morgan fingerprint density at radius 1 is 1.41 bits per heavy atom. The first kappa shape index (κ1) is 19.8. The highest BCUT2D eigenvalue weighted by Crippen LogP contribution is 2.45. The van der Waals surface area contributed by atoms with Crippen LogP contribution in [-0.4, -0.2) is 71.8 Å². The van der Waals surface area contributed by atoms with E-state index < -0.39 is 5.60 Å². The molecule has 0 radical (unpaired) electrons. The lowest BCUT2D eigenvalue weighted by molar-refractivity contribution is -0.0608. The van der Waals surface area contributed by atoms with E-state index in [-0.39, 0.29) is 29.8 Å². The van der Waals surface area contributed by atoms with Gasteiger partial charge in [-0.25, -0.2) is 4.79 Å². The van der Waals surface area contributed by atoms with Gasteiger partial charge in [0.15, 0.2) is 0 Å². The number of rotatable bonds is 1.